The largest absolute Gasteiger partial charge is 0.493 e. The minimum atomic E-state index is -0.572. The molecule has 0 heterocycles. The fraction of sp³-hybridized carbons (Fsp3) is 0.200. The zero-order valence-corrected chi connectivity index (χ0v) is 14.6. The van der Waals surface area contributed by atoms with Gasteiger partial charge in [0.15, 0.2) is 0 Å². The number of ether oxygens (including phenoxy) is 1. The molecule has 0 aliphatic carbocycles. The third-order valence-corrected chi connectivity index (χ3v) is 4.58. The van der Waals surface area contributed by atoms with E-state index in [9.17, 15) is 4.39 Å². The molecule has 0 amide bonds. The highest BCUT2D eigenvalue weighted by Crippen LogP contribution is 2.38. The molecule has 0 aromatic heterocycles. The summed E-state index contributed by atoms with van der Waals surface area (Å²) < 4.78 is 20.8. The number of hydrogen-bond acceptors (Lipinski definition) is 1. The number of alkyl halides is 1. The van der Waals surface area contributed by atoms with E-state index in [0.29, 0.717) is 16.6 Å². The highest BCUT2D eigenvalue weighted by molar-refractivity contribution is 9.10. The van der Waals surface area contributed by atoms with E-state index < -0.39 is 5.38 Å². The van der Waals surface area contributed by atoms with Crippen molar-refractivity contribution in [2.24, 2.45) is 0 Å². The van der Waals surface area contributed by atoms with Crippen LogP contribution in [-0.4, -0.2) is 6.61 Å². The van der Waals surface area contributed by atoms with Gasteiger partial charge >= 0.3 is 0 Å². The summed E-state index contributed by atoms with van der Waals surface area (Å²) in [7, 11) is 0. The minimum absolute atomic E-state index is 0.329. The number of halogens is 4. The van der Waals surface area contributed by atoms with E-state index in [-0.39, 0.29) is 5.82 Å². The first kappa shape index (κ1) is 15.8. The number of rotatable bonds is 4. The van der Waals surface area contributed by atoms with E-state index in [2.05, 4.69) is 31.9 Å². The molecule has 1 nitrogen and oxygen atoms in total. The Morgan fingerprint density at radius 3 is 2.55 bits per heavy atom. The van der Waals surface area contributed by atoms with Crippen LogP contribution in [0.4, 0.5) is 4.39 Å². The summed E-state index contributed by atoms with van der Waals surface area (Å²) in [6.07, 6.45) is 0. The Morgan fingerprint density at radius 1 is 1.20 bits per heavy atom. The van der Waals surface area contributed by atoms with Crippen LogP contribution in [0.15, 0.2) is 45.3 Å². The second kappa shape index (κ2) is 6.92. The van der Waals surface area contributed by atoms with E-state index in [1.807, 2.05) is 25.1 Å². The van der Waals surface area contributed by atoms with Crippen LogP contribution >= 0.6 is 43.5 Å². The van der Waals surface area contributed by atoms with E-state index >= 15 is 0 Å². The predicted molar refractivity (Wildman–Crippen MR) is 87.1 cm³/mol. The highest BCUT2D eigenvalue weighted by Gasteiger charge is 2.19. The maximum Gasteiger partial charge on any atom is 0.133 e. The van der Waals surface area contributed by atoms with Crippen molar-refractivity contribution < 1.29 is 9.13 Å². The van der Waals surface area contributed by atoms with Crippen LogP contribution in [0.3, 0.4) is 0 Å². The topological polar surface area (TPSA) is 9.23 Å². The van der Waals surface area contributed by atoms with E-state index in [1.165, 1.54) is 6.07 Å². The van der Waals surface area contributed by atoms with Gasteiger partial charge in [0.25, 0.3) is 0 Å². The van der Waals surface area contributed by atoms with Gasteiger partial charge in [0.05, 0.1) is 16.5 Å². The predicted octanol–water partition coefficient (Wildman–Crippen LogP) is 6.08. The molecule has 106 valence electrons. The third kappa shape index (κ3) is 3.35. The smallest absolute Gasteiger partial charge is 0.133 e. The van der Waals surface area contributed by atoms with E-state index in [0.717, 1.165) is 15.8 Å². The van der Waals surface area contributed by atoms with Crippen molar-refractivity contribution in [3.8, 4) is 5.75 Å². The zero-order chi connectivity index (χ0) is 14.7. The molecule has 0 spiro atoms. The summed E-state index contributed by atoms with van der Waals surface area (Å²) >= 11 is 13.2. The Balaban J connectivity index is 2.39. The van der Waals surface area contributed by atoms with Gasteiger partial charge in [-0.25, -0.2) is 4.39 Å². The molecule has 0 aliphatic heterocycles. The highest BCUT2D eigenvalue weighted by atomic mass is 79.9. The molecule has 1 atom stereocenters. The van der Waals surface area contributed by atoms with E-state index in [1.54, 1.807) is 12.1 Å². The van der Waals surface area contributed by atoms with Crippen molar-refractivity contribution in [3.63, 3.8) is 0 Å². The molecule has 1 unspecified atom stereocenters. The van der Waals surface area contributed by atoms with Crippen molar-refractivity contribution in [1.29, 1.82) is 0 Å². The van der Waals surface area contributed by atoms with Gasteiger partial charge in [-0.15, -0.1) is 11.6 Å². The van der Waals surface area contributed by atoms with E-state index in [4.69, 9.17) is 16.3 Å². The molecule has 0 fully saturated rings. The fourth-order valence-corrected chi connectivity index (χ4v) is 3.44. The number of hydrogen-bond donors (Lipinski definition) is 0. The van der Waals surface area contributed by atoms with Crippen LogP contribution in [0.2, 0.25) is 0 Å². The van der Waals surface area contributed by atoms with Crippen molar-refractivity contribution in [3.05, 3.63) is 62.3 Å². The molecule has 0 aliphatic rings. The lowest BCUT2D eigenvalue weighted by Gasteiger charge is -2.15. The average molecular weight is 423 g/mol. The average Bonchev–Trinajstić information content (AvgIpc) is 2.41. The van der Waals surface area contributed by atoms with Gasteiger partial charge in [-0.2, -0.15) is 0 Å². The van der Waals surface area contributed by atoms with Crippen LogP contribution in [0.5, 0.6) is 5.75 Å². The number of benzene rings is 2. The molecular weight excluding hydrogens is 410 g/mol. The molecule has 5 heteroatoms. The molecule has 2 aromatic rings. The van der Waals surface area contributed by atoms with Gasteiger partial charge in [0, 0.05) is 10.0 Å². The molecule has 0 bridgehead atoms. The lowest BCUT2D eigenvalue weighted by Crippen LogP contribution is -1.99. The summed E-state index contributed by atoms with van der Waals surface area (Å²) in [5, 5.41) is -0.572. The van der Waals surface area contributed by atoms with Gasteiger partial charge in [-0.05, 0) is 52.7 Å². The summed E-state index contributed by atoms with van der Waals surface area (Å²) in [6, 6.07) is 10.3. The van der Waals surface area contributed by atoms with Crippen LogP contribution in [-0.2, 0) is 0 Å². The van der Waals surface area contributed by atoms with Crippen molar-refractivity contribution in [2.45, 2.75) is 12.3 Å². The minimum Gasteiger partial charge on any atom is -0.493 e. The lowest BCUT2D eigenvalue weighted by molar-refractivity contribution is 0.338. The normalized spacial score (nSPS) is 12.2. The third-order valence-electron chi connectivity index (χ3n) is 2.80. The van der Waals surface area contributed by atoms with Crippen molar-refractivity contribution >= 4 is 43.5 Å². The molecule has 0 saturated heterocycles. The molecule has 0 saturated carbocycles. The summed E-state index contributed by atoms with van der Waals surface area (Å²) in [4.78, 5) is 0. The maximum absolute atomic E-state index is 13.9. The Hall–Kier alpha value is -0.580. The van der Waals surface area contributed by atoms with Gasteiger partial charge in [-0.1, -0.05) is 28.1 Å². The second-order valence-corrected chi connectivity index (χ2v) is 6.27. The Bertz CT molecular complexity index is 599. The first-order valence-corrected chi connectivity index (χ1v) is 8.07. The van der Waals surface area contributed by atoms with Crippen LogP contribution in [0.1, 0.15) is 23.4 Å². The maximum atomic E-state index is 13.9. The van der Waals surface area contributed by atoms with Crippen molar-refractivity contribution in [1.82, 2.24) is 0 Å². The first-order valence-electron chi connectivity index (χ1n) is 6.04. The van der Waals surface area contributed by atoms with Gasteiger partial charge in [0.1, 0.15) is 11.6 Å². The zero-order valence-electron chi connectivity index (χ0n) is 10.7. The summed E-state index contributed by atoms with van der Waals surface area (Å²) in [5.74, 6) is 0.414. The van der Waals surface area contributed by atoms with Crippen molar-refractivity contribution in [2.75, 3.05) is 6.61 Å². The van der Waals surface area contributed by atoms with Gasteiger partial charge in [0.2, 0.25) is 0 Å². The monoisotopic (exact) mass is 420 g/mol. The first-order chi connectivity index (χ1) is 9.54. The lowest BCUT2D eigenvalue weighted by atomic mass is 10.0. The van der Waals surface area contributed by atoms with Gasteiger partial charge in [-0.3, -0.25) is 0 Å². The van der Waals surface area contributed by atoms with Crippen LogP contribution < -0.4 is 4.74 Å². The molecular formula is C15H12Br2ClFO. The Kier molecular flexibility index (Phi) is 5.47. The van der Waals surface area contributed by atoms with Crippen LogP contribution in [0.25, 0.3) is 0 Å². The fourth-order valence-electron chi connectivity index (χ4n) is 1.87. The van der Waals surface area contributed by atoms with Gasteiger partial charge < -0.3 is 4.74 Å². The molecule has 2 rings (SSSR count). The molecule has 20 heavy (non-hydrogen) atoms. The Morgan fingerprint density at radius 2 is 1.95 bits per heavy atom. The Labute approximate surface area is 139 Å². The molecule has 0 N–H and O–H groups in total. The molecule has 2 aromatic carbocycles. The standard InChI is InChI=1S/C15H12Br2ClFO/c1-2-20-13-7-6-9(8-11(13)17)15(18)14-10(16)4-3-5-12(14)19/h3-8,15H,2H2,1H3. The summed E-state index contributed by atoms with van der Waals surface area (Å²) in [6.45, 7) is 2.50. The summed E-state index contributed by atoms with van der Waals surface area (Å²) in [5.41, 5.74) is 1.23. The second-order valence-electron chi connectivity index (χ2n) is 4.12. The molecule has 0 radical (unpaired) electrons. The SMILES string of the molecule is CCOc1ccc(C(Cl)c2c(F)cccc2Br)cc1Br. The van der Waals surface area contributed by atoms with Crippen LogP contribution in [0, 0.1) is 5.82 Å². The quantitative estimate of drug-likeness (QED) is 0.543.